The first-order valence-electron chi connectivity index (χ1n) is 10.5. The summed E-state index contributed by atoms with van der Waals surface area (Å²) < 4.78 is 0. The van der Waals surface area contributed by atoms with E-state index in [1.54, 1.807) is 6.07 Å². The predicted molar refractivity (Wildman–Crippen MR) is 132 cm³/mol. The number of anilines is 3. The molecule has 0 saturated heterocycles. The molecular formula is C25H20N6O3. The number of imidazole rings is 1. The van der Waals surface area contributed by atoms with Gasteiger partial charge in [-0.3, -0.25) is 14.9 Å². The van der Waals surface area contributed by atoms with E-state index in [1.165, 1.54) is 12.1 Å². The largest absolute Gasteiger partial charge is 0.369 e. The Hall–Kier alpha value is -4.92. The van der Waals surface area contributed by atoms with E-state index in [0.717, 1.165) is 28.2 Å². The molecule has 1 aromatic heterocycles. The van der Waals surface area contributed by atoms with Crippen LogP contribution in [0.15, 0.2) is 72.8 Å². The van der Waals surface area contributed by atoms with E-state index in [0.29, 0.717) is 28.5 Å². The zero-order valence-electron chi connectivity index (χ0n) is 18.1. The number of carbonyl (C=O) groups is 1. The lowest BCUT2D eigenvalue weighted by Crippen LogP contribution is -2.10. The van der Waals surface area contributed by atoms with Crippen molar-refractivity contribution in [1.29, 1.82) is 0 Å². The highest BCUT2D eigenvalue weighted by Gasteiger charge is 2.30. The van der Waals surface area contributed by atoms with Crippen molar-refractivity contribution in [3.05, 3.63) is 99.7 Å². The lowest BCUT2D eigenvalue weighted by molar-refractivity contribution is -0.384. The van der Waals surface area contributed by atoms with E-state index >= 15 is 0 Å². The van der Waals surface area contributed by atoms with E-state index in [9.17, 15) is 14.9 Å². The Balaban J connectivity index is 1.60. The highest BCUT2D eigenvalue weighted by molar-refractivity contribution is 6.37. The maximum Gasteiger partial charge on any atom is 0.270 e. The number of benzene rings is 3. The summed E-state index contributed by atoms with van der Waals surface area (Å²) in [5.41, 5.74) is 11.6. The third-order valence-electron chi connectivity index (χ3n) is 5.60. The van der Waals surface area contributed by atoms with E-state index in [1.807, 2.05) is 61.5 Å². The molecule has 5 N–H and O–H groups in total. The number of nitrogens with two attached hydrogens (primary N) is 1. The number of aromatic amines is 1. The lowest BCUT2D eigenvalue weighted by Gasteiger charge is -2.15. The molecule has 0 radical (unpaired) electrons. The SMILES string of the molecule is Cc1[nH]c(N)nc1-c1ccc(N/C(=C2\C(=O)Nc3ccc([N+](=O)[O-])cc32)c2ccccc2)cc1. The monoisotopic (exact) mass is 452 g/mol. The third-order valence-corrected chi connectivity index (χ3v) is 5.60. The summed E-state index contributed by atoms with van der Waals surface area (Å²) >= 11 is 0. The third kappa shape index (κ3) is 3.75. The molecule has 4 aromatic rings. The van der Waals surface area contributed by atoms with Gasteiger partial charge in [0.05, 0.1) is 21.9 Å². The van der Waals surface area contributed by atoms with Crippen LogP contribution in [0.2, 0.25) is 0 Å². The standard InChI is InChI=1S/C25H20N6O3/c1-14-22(30-25(26)27-14)16-7-9-17(10-8-16)28-23(15-5-3-2-4-6-15)21-19-13-18(31(33)34)11-12-20(19)29-24(21)32/h2-13,28H,1H3,(H,29,32)(H3,26,27,30)/b23-21-. The maximum absolute atomic E-state index is 13.0. The minimum absolute atomic E-state index is 0.0850. The molecule has 0 spiro atoms. The lowest BCUT2D eigenvalue weighted by atomic mass is 9.99. The fourth-order valence-corrected chi connectivity index (χ4v) is 4.02. The molecule has 0 atom stereocenters. The Morgan fingerprint density at radius 3 is 2.44 bits per heavy atom. The van der Waals surface area contributed by atoms with Crippen molar-refractivity contribution in [2.24, 2.45) is 0 Å². The van der Waals surface area contributed by atoms with Gasteiger partial charge in [0.25, 0.3) is 11.6 Å². The van der Waals surface area contributed by atoms with Crippen LogP contribution >= 0.6 is 0 Å². The summed E-state index contributed by atoms with van der Waals surface area (Å²) in [5.74, 6) is 0.0203. The Bertz CT molecular complexity index is 1460. The molecule has 0 saturated carbocycles. The fraction of sp³-hybridized carbons (Fsp3) is 0.0400. The second-order valence-electron chi connectivity index (χ2n) is 7.86. The molecule has 9 nitrogen and oxygen atoms in total. The summed E-state index contributed by atoms with van der Waals surface area (Å²) in [6.45, 7) is 1.90. The van der Waals surface area contributed by atoms with Crippen molar-refractivity contribution in [2.75, 3.05) is 16.4 Å². The molecule has 5 rings (SSSR count). The summed E-state index contributed by atoms with van der Waals surface area (Å²) in [6.07, 6.45) is 0. The Morgan fingerprint density at radius 1 is 1.06 bits per heavy atom. The highest BCUT2D eigenvalue weighted by atomic mass is 16.6. The molecule has 0 bridgehead atoms. The average Bonchev–Trinajstić information content (AvgIpc) is 3.35. The van der Waals surface area contributed by atoms with Crippen LogP contribution in [0.3, 0.4) is 0 Å². The molecule has 168 valence electrons. The first kappa shape index (κ1) is 21.0. The zero-order chi connectivity index (χ0) is 23.8. The summed E-state index contributed by atoms with van der Waals surface area (Å²) in [6, 6.07) is 21.3. The molecule has 0 fully saturated rings. The van der Waals surface area contributed by atoms with Crippen molar-refractivity contribution >= 4 is 40.2 Å². The van der Waals surface area contributed by atoms with Crippen molar-refractivity contribution in [2.45, 2.75) is 6.92 Å². The number of fused-ring (bicyclic) bond motifs is 1. The minimum atomic E-state index is -0.473. The zero-order valence-corrected chi connectivity index (χ0v) is 18.1. The van der Waals surface area contributed by atoms with Crippen LogP contribution in [0.25, 0.3) is 22.5 Å². The number of aryl methyl sites for hydroxylation is 1. The number of nitro groups is 1. The van der Waals surface area contributed by atoms with E-state index < -0.39 is 4.92 Å². The van der Waals surface area contributed by atoms with Crippen LogP contribution in [0, 0.1) is 17.0 Å². The van der Waals surface area contributed by atoms with Crippen LogP contribution < -0.4 is 16.4 Å². The first-order chi connectivity index (χ1) is 16.4. The molecule has 0 aliphatic carbocycles. The summed E-state index contributed by atoms with van der Waals surface area (Å²) in [5, 5.41) is 17.5. The van der Waals surface area contributed by atoms with E-state index in [-0.39, 0.29) is 11.6 Å². The molecule has 3 aromatic carbocycles. The van der Waals surface area contributed by atoms with Gasteiger partial charge in [-0.2, -0.15) is 0 Å². The van der Waals surface area contributed by atoms with Gasteiger partial charge in [-0.25, -0.2) is 4.98 Å². The molecule has 9 heteroatoms. The quantitative estimate of drug-likeness (QED) is 0.195. The van der Waals surface area contributed by atoms with Gasteiger partial charge in [-0.05, 0) is 30.7 Å². The van der Waals surface area contributed by atoms with Crippen molar-refractivity contribution < 1.29 is 9.72 Å². The molecule has 1 amide bonds. The number of hydrogen-bond donors (Lipinski definition) is 4. The van der Waals surface area contributed by atoms with Crippen molar-refractivity contribution in [3.63, 3.8) is 0 Å². The van der Waals surface area contributed by atoms with Crippen LogP contribution in [-0.4, -0.2) is 20.8 Å². The maximum atomic E-state index is 13.0. The van der Waals surface area contributed by atoms with Gasteiger partial charge in [0.1, 0.15) is 0 Å². The molecular weight excluding hydrogens is 432 g/mol. The Morgan fingerprint density at radius 2 is 1.79 bits per heavy atom. The number of aromatic nitrogens is 2. The van der Waals surface area contributed by atoms with Gasteiger partial charge in [0.2, 0.25) is 0 Å². The van der Waals surface area contributed by atoms with Gasteiger partial charge in [0.15, 0.2) is 5.95 Å². The molecule has 0 unspecified atom stereocenters. The first-order valence-corrected chi connectivity index (χ1v) is 10.5. The average molecular weight is 452 g/mol. The molecule has 1 aliphatic rings. The topological polar surface area (TPSA) is 139 Å². The van der Waals surface area contributed by atoms with E-state index in [2.05, 4.69) is 20.6 Å². The number of hydrogen-bond acceptors (Lipinski definition) is 6. The van der Waals surface area contributed by atoms with Crippen LogP contribution in [-0.2, 0) is 4.79 Å². The number of nitrogens with zero attached hydrogens (tertiary/aromatic N) is 2. The van der Waals surface area contributed by atoms with Crippen LogP contribution in [0.4, 0.5) is 23.0 Å². The van der Waals surface area contributed by atoms with Crippen molar-refractivity contribution in [1.82, 2.24) is 9.97 Å². The minimum Gasteiger partial charge on any atom is -0.369 e. The molecule has 2 heterocycles. The van der Waals surface area contributed by atoms with Crippen LogP contribution in [0.5, 0.6) is 0 Å². The van der Waals surface area contributed by atoms with E-state index in [4.69, 9.17) is 5.73 Å². The number of amides is 1. The highest BCUT2D eigenvalue weighted by Crippen LogP contribution is 2.39. The molecule has 34 heavy (non-hydrogen) atoms. The van der Waals surface area contributed by atoms with Gasteiger partial charge in [-0.1, -0.05) is 42.5 Å². The van der Waals surface area contributed by atoms with Gasteiger partial charge < -0.3 is 21.4 Å². The number of H-pyrrole nitrogens is 1. The Labute approximate surface area is 194 Å². The second-order valence-corrected chi connectivity index (χ2v) is 7.86. The summed E-state index contributed by atoms with van der Waals surface area (Å²) in [7, 11) is 0. The predicted octanol–water partition coefficient (Wildman–Crippen LogP) is 4.81. The fourth-order valence-electron chi connectivity index (χ4n) is 4.02. The van der Waals surface area contributed by atoms with Gasteiger partial charge >= 0.3 is 0 Å². The number of nitro benzene ring substituents is 1. The summed E-state index contributed by atoms with van der Waals surface area (Å²) in [4.78, 5) is 31.2. The normalized spacial score (nSPS) is 13.9. The van der Waals surface area contributed by atoms with Gasteiger partial charge in [0, 0.05) is 40.3 Å². The number of nitrogen functional groups attached to an aromatic ring is 1. The number of nitrogens with one attached hydrogen (secondary N) is 3. The number of non-ortho nitro benzene ring substituents is 1. The van der Waals surface area contributed by atoms with Crippen LogP contribution in [0.1, 0.15) is 16.8 Å². The van der Waals surface area contributed by atoms with Crippen molar-refractivity contribution in [3.8, 4) is 11.3 Å². The van der Waals surface area contributed by atoms with Gasteiger partial charge in [-0.15, -0.1) is 0 Å². The number of carbonyl (C=O) groups excluding carboxylic acids is 1. The smallest absolute Gasteiger partial charge is 0.270 e. The second kappa shape index (κ2) is 8.21. The Kier molecular flexibility index (Phi) is 5.06. The molecule has 1 aliphatic heterocycles. The number of rotatable bonds is 5.